The van der Waals surface area contributed by atoms with Gasteiger partial charge in [-0.1, -0.05) is 0 Å². The number of halogens is 2. The summed E-state index contributed by atoms with van der Waals surface area (Å²) in [5.74, 6) is -0.297. The minimum Gasteiger partial charge on any atom is -0.399 e. The molecule has 0 unspecified atom stereocenters. The Balaban J connectivity index is 2.55. The summed E-state index contributed by atoms with van der Waals surface area (Å²) in [7, 11) is 1.52. The number of amides is 1. The van der Waals surface area contributed by atoms with Gasteiger partial charge in [0.1, 0.15) is 0 Å². The maximum Gasteiger partial charge on any atom is 0.265 e. The lowest BCUT2D eigenvalue weighted by Crippen LogP contribution is -2.32. The van der Waals surface area contributed by atoms with Gasteiger partial charge in [0.2, 0.25) is 5.91 Å². The van der Waals surface area contributed by atoms with Gasteiger partial charge in [-0.25, -0.2) is 8.78 Å². The number of nitrogens with one attached hydrogen (secondary N) is 2. The monoisotopic (exact) mass is 273 g/mol. The number of rotatable bonds is 7. The molecule has 0 heterocycles. The second-order valence-corrected chi connectivity index (χ2v) is 3.84. The molecule has 5 nitrogen and oxygen atoms in total. The van der Waals surface area contributed by atoms with Crippen LogP contribution in [-0.2, 0) is 9.53 Å². The van der Waals surface area contributed by atoms with Crippen molar-refractivity contribution in [1.29, 1.82) is 0 Å². The Morgan fingerprint density at radius 3 is 2.84 bits per heavy atom. The highest BCUT2D eigenvalue weighted by atomic mass is 19.3. The van der Waals surface area contributed by atoms with Crippen LogP contribution < -0.4 is 16.4 Å². The SMILES string of the molecule is COCCNC(=O)CNc1ccc(N)cc1C(F)F. The first kappa shape index (κ1) is 15.2. The Morgan fingerprint density at radius 1 is 1.47 bits per heavy atom. The van der Waals surface area contributed by atoms with Gasteiger partial charge in [0, 0.05) is 30.6 Å². The highest BCUT2D eigenvalue weighted by molar-refractivity contribution is 5.81. The van der Waals surface area contributed by atoms with Crippen molar-refractivity contribution >= 4 is 17.3 Å². The smallest absolute Gasteiger partial charge is 0.265 e. The number of nitrogens with two attached hydrogens (primary N) is 1. The van der Waals surface area contributed by atoms with Gasteiger partial charge in [-0.05, 0) is 18.2 Å². The standard InChI is InChI=1S/C12H17F2N3O2/c1-19-5-4-16-11(18)7-17-10-3-2-8(15)6-9(10)12(13)14/h2-3,6,12,17H,4-5,7,15H2,1H3,(H,16,18). The molecule has 0 fully saturated rings. The molecule has 1 amide bonds. The van der Waals surface area contributed by atoms with Gasteiger partial charge in [-0.15, -0.1) is 0 Å². The summed E-state index contributed by atoms with van der Waals surface area (Å²) in [6.45, 7) is 0.684. The second kappa shape index (κ2) is 7.52. The Kier molecular flexibility index (Phi) is 6.01. The number of hydrogen-bond donors (Lipinski definition) is 3. The second-order valence-electron chi connectivity index (χ2n) is 3.84. The predicted octanol–water partition coefficient (Wildman–Crippen LogP) is 1.38. The van der Waals surface area contributed by atoms with E-state index in [-0.39, 0.29) is 29.4 Å². The van der Waals surface area contributed by atoms with Gasteiger partial charge in [-0.3, -0.25) is 4.79 Å². The number of carbonyl (C=O) groups excluding carboxylic acids is 1. The topological polar surface area (TPSA) is 76.4 Å². The molecule has 106 valence electrons. The summed E-state index contributed by atoms with van der Waals surface area (Å²) in [6, 6.07) is 4.12. The number of anilines is 2. The molecular formula is C12H17F2N3O2. The summed E-state index contributed by atoms with van der Waals surface area (Å²) < 4.78 is 30.3. The quantitative estimate of drug-likeness (QED) is 0.518. The van der Waals surface area contributed by atoms with Crippen molar-refractivity contribution in [2.24, 2.45) is 0 Å². The molecule has 0 atom stereocenters. The molecule has 19 heavy (non-hydrogen) atoms. The van der Waals surface area contributed by atoms with Crippen molar-refractivity contribution < 1.29 is 18.3 Å². The third-order valence-corrected chi connectivity index (χ3v) is 2.38. The molecule has 0 spiro atoms. The van der Waals surface area contributed by atoms with Crippen molar-refractivity contribution in [1.82, 2.24) is 5.32 Å². The van der Waals surface area contributed by atoms with E-state index in [1.807, 2.05) is 0 Å². The highest BCUT2D eigenvalue weighted by Crippen LogP contribution is 2.28. The largest absolute Gasteiger partial charge is 0.399 e. The van der Waals surface area contributed by atoms with Crippen molar-refractivity contribution in [3.63, 3.8) is 0 Å². The van der Waals surface area contributed by atoms with Crippen molar-refractivity contribution in [3.05, 3.63) is 23.8 Å². The maximum absolute atomic E-state index is 12.8. The molecule has 1 rings (SSSR count). The summed E-state index contributed by atoms with van der Waals surface area (Å²) in [5.41, 5.74) is 5.69. The molecule has 0 aliphatic carbocycles. The molecule has 0 aliphatic heterocycles. The first-order valence-electron chi connectivity index (χ1n) is 5.71. The first-order valence-corrected chi connectivity index (χ1v) is 5.71. The minimum atomic E-state index is -2.65. The molecule has 7 heteroatoms. The van der Waals surface area contributed by atoms with Gasteiger partial charge in [-0.2, -0.15) is 0 Å². The van der Waals surface area contributed by atoms with E-state index in [2.05, 4.69) is 10.6 Å². The lowest BCUT2D eigenvalue weighted by molar-refractivity contribution is -0.119. The van der Waals surface area contributed by atoms with Crippen LogP contribution in [0.1, 0.15) is 12.0 Å². The average Bonchev–Trinajstić information content (AvgIpc) is 2.37. The number of carbonyl (C=O) groups is 1. The zero-order chi connectivity index (χ0) is 14.3. The fourth-order valence-corrected chi connectivity index (χ4v) is 1.45. The Hall–Kier alpha value is -1.89. The zero-order valence-electron chi connectivity index (χ0n) is 10.6. The van der Waals surface area contributed by atoms with E-state index in [9.17, 15) is 13.6 Å². The number of methoxy groups -OCH3 is 1. The number of nitrogen functional groups attached to an aromatic ring is 1. The molecule has 1 aromatic carbocycles. The van der Waals surface area contributed by atoms with Crippen LogP contribution in [0.3, 0.4) is 0 Å². The van der Waals surface area contributed by atoms with Crippen molar-refractivity contribution in [3.8, 4) is 0 Å². The van der Waals surface area contributed by atoms with Crippen LogP contribution in [0.4, 0.5) is 20.2 Å². The number of hydrogen-bond acceptors (Lipinski definition) is 4. The van der Waals surface area contributed by atoms with E-state index in [4.69, 9.17) is 10.5 Å². The normalized spacial score (nSPS) is 10.5. The molecule has 0 saturated heterocycles. The van der Waals surface area contributed by atoms with Gasteiger partial charge in [0.15, 0.2) is 0 Å². The summed E-state index contributed by atoms with van der Waals surface area (Å²) in [6.07, 6.45) is -2.65. The molecule has 0 aromatic heterocycles. The van der Waals surface area contributed by atoms with Crippen LogP contribution in [-0.4, -0.2) is 32.7 Å². The fraction of sp³-hybridized carbons (Fsp3) is 0.417. The van der Waals surface area contributed by atoms with Crippen LogP contribution in [0.15, 0.2) is 18.2 Å². The van der Waals surface area contributed by atoms with Crippen LogP contribution >= 0.6 is 0 Å². The molecule has 0 radical (unpaired) electrons. The number of ether oxygens (including phenoxy) is 1. The van der Waals surface area contributed by atoms with Crippen LogP contribution in [0.25, 0.3) is 0 Å². The van der Waals surface area contributed by atoms with Crippen molar-refractivity contribution in [2.75, 3.05) is 37.9 Å². The van der Waals surface area contributed by atoms with Crippen LogP contribution in [0, 0.1) is 0 Å². The summed E-state index contributed by atoms with van der Waals surface area (Å²) in [4.78, 5) is 11.4. The van der Waals surface area contributed by atoms with E-state index in [0.717, 1.165) is 0 Å². The molecular weight excluding hydrogens is 256 g/mol. The van der Waals surface area contributed by atoms with Crippen LogP contribution in [0.2, 0.25) is 0 Å². The van der Waals surface area contributed by atoms with Crippen molar-refractivity contribution in [2.45, 2.75) is 6.43 Å². The van der Waals surface area contributed by atoms with E-state index < -0.39 is 6.43 Å². The lowest BCUT2D eigenvalue weighted by Gasteiger charge is -2.12. The molecule has 0 saturated carbocycles. The fourth-order valence-electron chi connectivity index (χ4n) is 1.45. The Labute approximate surface area is 110 Å². The third kappa shape index (κ3) is 5.09. The number of benzene rings is 1. The van der Waals surface area contributed by atoms with Crippen LogP contribution in [0.5, 0.6) is 0 Å². The van der Waals surface area contributed by atoms with E-state index in [0.29, 0.717) is 13.2 Å². The average molecular weight is 273 g/mol. The lowest BCUT2D eigenvalue weighted by atomic mass is 10.1. The Bertz CT molecular complexity index is 427. The van der Waals surface area contributed by atoms with Gasteiger partial charge >= 0.3 is 0 Å². The summed E-state index contributed by atoms with van der Waals surface area (Å²) >= 11 is 0. The van der Waals surface area contributed by atoms with E-state index in [1.165, 1.54) is 25.3 Å². The molecule has 1 aromatic rings. The Morgan fingerprint density at radius 2 is 2.21 bits per heavy atom. The first-order chi connectivity index (χ1) is 9.04. The third-order valence-electron chi connectivity index (χ3n) is 2.38. The maximum atomic E-state index is 12.8. The molecule has 0 bridgehead atoms. The van der Waals surface area contributed by atoms with Gasteiger partial charge < -0.3 is 21.1 Å². The molecule has 4 N–H and O–H groups in total. The zero-order valence-corrected chi connectivity index (χ0v) is 10.6. The number of alkyl halides is 2. The van der Waals surface area contributed by atoms with E-state index in [1.54, 1.807) is 0 Å². The molecule has 0 aliphatic rings. The predicted molar refractivity (Wildman–Crippen MR) is 69.2 cm³/mol. The van der Waals surface area contributed by atoms with Gasteiger partial charge in [0.05, 0.1) is 13.2 Å². The minimum absolute atomic E-state index is 0.0899. The van der Waals surface area contributed by atoms with E-state index >= 15 is 0 Å². The summed E-state index contributed by atoms with van der Waals surface area (Å²) in [5, 5.41) is 5.24. The highest BCUT2D eigenvalue weighted by Gasteiger charge is 2.13. The van der Waals surface area contributed by atoms with Gasteiger partial charge in [0.25, 0.3) is 6.43 Å².